The Bertz CT molecular complexity index is 277. The zero-order valence-corrected chi connectivity index (χ0v) is 11.9. The fourth-order valence-corrected chi connectivity index (χ4v) is 1.95. The molecule has 17 heavy (non-hydrogen) atoms. The molecule has 0 heterocycles. The maximum Gasteiger partial charge on any atom is 0.115 e. The SMILES string of the molecule is CC.CCN(CC)C(C)Cc1ccc(O)cc1. The van der Waals surface area contributed by atoms with Gasteiger partial charge in [0.05, 0.1) is 0 Å². The molecule has 0 spiro atoms. The van der Waals surface area contributed by atoms with Crippen molar-refractivity contribution in [3.8, 4) is 5.75 Å². The third-order valence-corrected chi connectivity index (χ3v) is 2.90. The molecule has 1 atom stereocenters. The molecule has 0 aliphatic carbocycles. The third kappa shape index (κ3) is 5.73. The van der Waals surface area contributed by atoms with E-state index in [1.165, 1.54) is 5.56 Å². The van der Waals surface area contributed by atoms with E-state index < -0.39 is 0 Å². The monoisotopic (exact) mass is 237 g/mol. The van der Waals surface area contributed by atoms with Crippen LogP contribution in [0.1, 0.15) is 40.2 Å². The predicted octanol–water partition coefficient (Wildman–Crippen LogP) is 3.69. The maximum atomic E-state index is 9.18. The van der Waals surface area contributed by atoms with Crippen LogP contribution in [0.4, 0.5) is 0 Å². The highest BCUT2D eigenvalue weighted by Crippen LogP contribution is 2.13. The smallest absolute Gasteiger partial charge is 0.115 e. The van der Waals surface area contributed by atoms with E-state index >= 15 is 0 Å². The summed E-state index contributed by atoms with van der Waals surface area (Å²) >= 11 is 0. The topological polar surface area (TPSA) is 23.5 Å². The van der Waals surface area contributed by atoms with Gasteiger partial charge in [-0.2, -0.15) is 0 Å². The van der Waals surface area contributed by atoms with Crippen molar-refractivity contribution >= 4 is 0 Å². The molecule has 1 unspecified atom stereocenters. The number of nitrogens with zero attached hydrogens (tertiary/aromatic N) is 1. The Kier molecular flexibility index (Phi) is 8.51. The lowest BCUT2D eigenvalue weighted by Crippen LogP contribution is -2.34. The van der Waals surface area contributed by atoms with Crippen LogP contribution in [0.15, 0.2) is 24.3 Å². The van der Waals surface area contributed by atoms with Gasteiger partial charge in [-0.05, 0) is 44.1 Å². The van der Waals surface area contributed by atoms with Crippen LogP contribution in [-0.4, -0.2) is 29.1 Å². The van der Waals surface area contributed by atoms with Gasteiger partial charge in [0.1, 0.15) is 5.75 Å². The summed E-state index contributed by atoms with van der Waals surface area (Å²) in [6, 6.07) is 8.06. The van der Waals surface area contributed by atoms with Crippen LogP contribution >= 0.6 is 0 Å². The van der Waals surface area contributed by atoms with Crippen molar-refractivity contribution in [2.75, 3.05) is 13.1 Å². The predicted molar refractivity (Wildman–Crippen MR) is 75.5 cm³/mol. The highest BCUT2D eigenvalue weighted by atomic mass is 16.3. The lowest BCUT2D eigenvalue weighted by Gasteiger charge is -2.26. The summed E-state index contributed by atoms with van der Waals surface area (Å²) in [6.45, 7) is 12.8. The average molecular weight is 237 g/mol. The summed E-state index contributed by atoms with van der Waals surface area (Å²) in [5, 5.41) is 9.18. The minimum Gasteiger partial charge on any atom is -0.508 e. The van der Waals surface area contributed by atoms with Gasteiger partial charge in [0.25, 0.3) is 0 Å². The zero-order valence-electron chi connectivity index (χ0n) is 11.9. The first-order chi connectivity index (χ1) is 8.17. The minimum atomic E-state index is 0.342. The van der Waals surface area contributed by atoms with Crippen molar-refractivity contribution in [1.82, 2.24) is 4.90 Å². The molecule has 1 aromatic rings. The summed E-state index contributed by atoms with van der Waals surface area (Å²) in [6.07, 6.45) is 1.04. The van der Waals surface area contributed by atoms with E-state index in [1.54, 1.807) is 12.1 Å². The van der Waals surface area contributed by atoms with E-state index in [0.29, 0.717) is 11.8 Å². The number of benzene rings is 1. The second-order valence-electron chi connectivity index (χ2n) is 3.94. The molecule has 0 aliphatic rings. The molecule has 0 bridgehead atoms. The van der Waals surface area contributed by atoms with Crippen molar-refractivity contribution in [2.45, 2.75) is 47.1 Å². The highest BCUT2D eigenvalue weighted by molar-refractivity contribution is 5.26. The lowest BCUT2D eigenvalue weighted by atomic mass is 10.1. The Balaban J connectivity index is 0.00000121. The molecule has 0 radical (unpaired) electrons. The van der Waals surface area contributed by atoms with Gasteiger partial charge in [-0.25, -0.2) is 0 Å². The summed E-state index contributed by atoms with van der Waals surface area (Å²) in [5.74, 6) is 0.342. The fraction of sp³-hybridized carbons (Fsp3) is 0.600. The second kappa shape index (κ2) is 9.06. The van der Waals surface area contributed by atoms with E-state index in [9.17, 15) is 5.11 Å². The van der Waals surface area contributed by atoms with Crippen molar-refractivity contribution < 1.29 is 5.11 Å². The molecule has 0 aromatic heterocycles. The lowest BCUT2D eigenvalue weighted by molar-refractivity contribution is 0.230. The van der Waals surface area contributed by atoms with Gasteiger partial charge >= 0.3 is 0 Å². The number of aromatic hydroxyl groups is 1. The van der Waals surface area contributed by atoms with Crippen molar-refractivity contribution in [3.63, 3.8) is 0 Å². The summed E-state index contributed by atoms with van der Waals surface area (Å²) in [4.78, 5) is 2.44. The van der Waals surface area contributed by atoms with Crippen LogP contribution in [0.5, 0.6) is 5.75 Å². The van der Waals surface area contributed by atoms with Gasteiger partial charge in [0, 0.05) is 6.04 Å². The number of hydrogen-bond donors (Lipinski definition) is 1. The van der Waals surface area contributed by atoms with Crippen LogP contribution in [0.25, 0.3) is 0 Å². The Labute approximate surface area is 106 Å². The van der Waals surface area contributed by atoms with Crippen LogP contribution < -0.4 is 0 Å². The fourth-order valence-electron chi connectivity index (χ4n) is 1.95. The Morgan fingerprint density at radius 2 is 1.53 bits per heavy atom. The first kappa shape index (κ1) is 16.0. The molecule has 1 N–H and O–H groups in total. The Morgan fingerprint density at radius 3 is 1.94 bits per heavy atom. The van der Waals surface area contributed by atoms with Crippen molar-refractivity contribution in [3.05, 3.63) is 29.8 Å². The van der Waals surface area contributed by atoms with Gasteiger partial charge in [-0.3, -0.25) is 0 Å². The summed E-state index contributed by atoms with van der Waals surface area (Å²) < 4.78 is 0. The van der Waals surface area contributed by atoms with Crippen LogP contribution in [0, 0.1) is 0 Å². The van der Waals surface area contributed by atoms with E-state index in [-0.39, 0.29) is 0 Å². The van der Waals surface area contributed by atoms with Crippen molar-refractivity contribution in [2.24, 2.45) is 0 Å². The zero-order chi connectivity index (χ0) is 13.3. The third-order valence-electron chi connectivity index (χ3n) is 2.90. The molecule has 2 heteroatoms. The largest absolute Gasteiger partial charge is 0.508 e. The molecular weight excluding hydrogens is 210 g/mol. The molecule has 0 saturated heterocycles. The van der Waals surface area contributed by atoms with Gasteiger partial charge in [-0.15, -0.1) is 0 Å². The maximum absolute atomic E-state index is 9.18. The Morgan fingerprint density at radius 1 is 1.06 bits per heavy atom. The number of rotatable bonds is 5. The average Bonchev–Trinajstić information content (AvgIpc) is 2.36. The Hall–Kier alpha value is -1.02. The van der Waals surface area contributed by atoms with Crippen LogP contribution in [0.3, 0.4) is 0 Å². The number of hydrogen-bond acceptors (Lipinski definition) is 2. The molecule has 1 aromatic carbocycles. The minimum absolute atomic E-state index is 0.342. The molecular formula is C15H27NO. The normalized spacial score (nSPS) is 11.9. The molecule has 0 aliphatic heterocycles. The molecule has 0 amide bonds. The quantitative estimate of drug-likeness (QED) is 0.844. The summed E-state index contributed by atoms with van der Waals surface area (Å²) in [7, 11) is 0. The molecule has 0 fully saturated rings. The van der Waals surface area contributed by atoms with E-state index in [2.05, 4.69) is 25.7 Å². The van der Waals surface area contributed by atoms with E-state index in [1.807, 2.05) is 26.0 Å². The number of phenols is 1. The molecule has 0 saturated carbocycles. The van der Waals surface area contributed by atoms with Crippen molar-refractivity contribution in [1.29, 1.82) is 0 Å². The van der Waals surface area contributed by atoms with Gasteiger partial charge < -0.3 is 10.0 Å². The first-order valence-electron chi connectivity index (χ1n) is 6.69. The molecule has 98 valence electrons. The molecule has 2 nitrogen and oxygen atoms in total. The second-order valence-corrected chi connectivity index (χ2v) is 3.94. The first-order valence-corrected chi connectivity index (χ1v) is 6.69. The molecule has 1 rings (SSSR count). The number of phenolic OH excluding ortho intramolecular Hbond substituents is 1. The van der Waals surface area contributed by atoms with Gasteiger partial charge in [0.2, 0.25) is 0 Å². The summed E-state index contributed by atoms with van der Waals surface area (Å²) in [5.41, 5.74) is 1.28. The van der Waals surface area contributed by atoms with Gasteiger partial charge in [0.15, 0.2) is 0 Å². The van der Waals surface area contributed by atoms with Gasteiger partial charge in [-0.1, -0.05) is 39.8 Å². The standard InChI is InChI=1S/C13H21NO.C2H6/c1-4-14(5-2)11(3)10-12-6-8-13(15)9-7-12;1-2/h6-9,11,15H,4-5,10H2,1-3H3;1-2H3. The number of likely N-dealkylation sites (N-methyl/N-ethyl adjacent to an activating group) is 1. The van der Waals surface area contributed by atoms with Crippen LogP contribution in [0.2, 0.25) is 0 Å². The van der Waals surface area contributed by atoms with E-state index in [0.717, 1.165) is 19.5 Å². The van der Waals surface area contributed by atoms with E-state index in [4.69, 9.17) is 0 Å². The highest BCUT2D eigenvalue weighted by Gasteiger charge is 2.10. The van der Waals surface area contributed by atoms with Crippen LogP contribution in [-0.2, 0) is 6.42 Å².